The van der Waals surface area contributed by atoms with E-state index in [1.54, 1.807) is 18.2 Å². The van der Waals surface area contributed by atoms with E-state index in [-0.39, 0.29) is 12.2 Å². The molecule has 1 amide bonds. The lowest BCUT2D eigenvalue weighted by Crippen LogP contribution is -2.37. The van der Waals surface area contributed by atoms with Crippen molar-refractivity contribution in [2.24, 2.45) is 5.73 Å². The van der Waals surface area contributed by atoms with Gasteiger partial charge in [0.15, 0.2) is 0 Å². The highest BCUT2D eigenvalue weighted by Crippen LogP contribution is 2.25. The Hall–Kier alpha value is -0.630. The average molecular weight is 370 g/mol. The molecule has 0 aliphatic heterocycles. The fourth-order valence-electron chi connectivity index (χ4n) is 1.28. The molecule has 0 aromatic heterocycles. The number of amides is 1. The Morgan fingerprint density at radius 3 is 2.68 bits per heavy atom. The highest BCUT2D eigenvalue weighted by molar-refractivity contribution is 9.10. The minimum absolute atomic E-state index is 0.0828. The molecular weight excluding hydrogens is 356 g/mol. The normalized spacial score (nSPS) is 13.1. The number of nitrogens with two attached hydrogens (primary N) is 1. The smallest absolute Gasteiger partial charge is 0.241 e. The molecule has 0 spiro atoms. The van der Waals surface area contributed by atoms with E-state index in [2.05, 4.69) is 21.2 Å². The third kappa shape index (κ3) is 5.90. The van der Waals surface area contributed by atoms with E-state index in [1.807, 2.05) is 0 Å². The standard InChI is InChI=1S/C11H14BrClN2O3S/c1-19(17,18)5-4-10(14)11(16)15-7-2-3-9(13)8(12)6-7/h2-3,6,10H,4-5,14H2,1H3,(H,15,16). The lowest BCUT2D eigenvalue weighted by molar-refractivity contribution is -0.117. The van der Waals surface area contributed by atoms with Crippen molar-refractivity contribution in [3.8, 4) is 0 Å². The van der Waals surface area contributed by atoms with Gasteiger partial charge in [-0.2, -0.15) is 0 Å². The molecular formula is C11H14BrClN2O3S. The summed E-state index contributed by atoms with van der Waals surface area (Å²) in [5.74, 6) is -0.552. The van der Waals surface area contributed by atoms with Gasteiger partial charge < -0.3 is 11.1 Å². The lowest BCUT2D eigenvalue weighted by Gasteiger charge is -2.12. The van der Waals surface area contributed by atoms with Gasteiger partial charge in [-0.1, -0.05) is 11.6 Å². The van der Waals surface area contributed by atoms with Crippen LogP contribution in [0.3, 0.4) is 0 Å². The Labute approximate surface area is 125 Å². The molecule has 0 saturated carbocycles. The third-order valence-corrected chi connectivity index (χ3v) is 4.51. The first-order valence-electron chi connectivity index (χ1n) is 5.38. The Morgan fingerprint density at radius 2 is 2.16 bits per heavy atom. The predicted molar refractivity (Wildman–Crippen MR) is 80.1 cm³/mol. The second-order valence-electron chi connectivity index (χ2n) is 4.14. The fourth-order valence-corrected chi connectivity index (χ4v) is 2.46. The van der Waals surface area contributed by atoms with E-state index in [0.717, 1.165) is 6.26 Å². The highest BCUT2D eigenvalue weighted by Gasteiger charge is 2.16. The van der Waals surface area contributed by atoms with Crippen molar-refractivity contribution in [2.45, 2.75) is 12.5 Å². The maximum absolute atomic E-state index is 11.7. The minimum Gasteiger partial charge on any atom is -0.325 e. The number of hydrogen-bond donors (Lipinski definition) is 2. The number of carbonyl (C=O) groups excluding carboxylic acids is 1. The second-order valence-corrected chi connectivity index (χ2v) is 7.66. The molecule has 1 aromatic carbocycles. The molecule has 5 nitrogen and oxygen atoms in total. The third-order valence-electron chi connectivity index (χ3n) is 2.32. The van der Waals surface area contributed by atoms with Crippen LogP contribution in [-0.4, -0.2) is 32.4 Å². The number of halogens is 2. The van der Waals surface area contributed by atoms with E-state index in [1.165, 1.54) is 0 Å². The summed E-state index contributed by atoms with van der Waals surface area (Å²) in [6, 6.07) is 4.03. The fraction of sp³-hybridized carbons (Fsp3) is 0.364. The average Bonchev–Trinajstić information content (AvgIpc) is 2.29. The molecule has 8 heteroatoms. The first-order chi connectivity index (χ1) is 8.69. The van der Waals surface area contributed by atoms with Crippen molar-refractivity contribution in [3.05, 3.63) is 27.7 Å². The van der Waals surface area contributed by atoms with Gasteiger partial charge in [-0.05, 0) is 40.5 Å². The maximum Gasteiger partial charge on any atom is 0.241 e. The maximum atomic E-state index is 11.7. The molecule has 0 heterocycles. The van der Waals surface area contributed by atoms with Crippen LogP contribution >= 0.6 is 27.5 Å². The van der Waals surface area contributed by atoms with Crippen molar-refractivity contribution in [1.82, 2.24) is 0 Å². The molecule has 0 bridgehead atoms. The summed E-state index contributed by atoms with van der Waals surface area (Å²) >= 11 is 9.06. The van der Waals surface area contributed by atoms with Crippen LogP contribution in [0.1, 0.15) is 6.42 Å². The number of hydrogen-bond acceptors (Lipinski definition) is 4. The molecule has 1 atom stereocenters. The van der Waals surface area contributed by atoms with Crippen molar-refractivity contribution in [1.29, 1.82) is 0 Å². The van der Waals surface area contributed by atoms with Gasteiger partial charge >= 0.3 is 0 Å². The molecule has 3 N–H and O–H groups in total. The molecule has 0 aliphatic carbocycles. The van der Waals surface area contributed by atoms with Gasteiger partial charge in [0.05, 0.1) is 16.8 Å². The van der Waals surface area contributed by atoms with E-state index in [9.17, 15) is 13.2 Å². The van der Waals surface area contributed by atoms with Crippen LogP contribution < -0.4 is 11.1 Å². The zero-order valence-electron chi connectivity index (χ0n) is 10.2. The number of benzene rings is 1. The molecule has 0 saturated heterocycles. The summed E-state index contributed by atoms with van der Waals surface area (Å²) in [5, 5.41) is 3.13. The van der Waals surface area contributed by atoms with E-state index >= 15 is 0 Å². The predicted octanol–water partition coefficient (Wildman–Crippen LogP) is 1.80. The van der Waals surface area contributed by atoms with Gasteiger partial charge in [0.25, 0.3) is 0 Å². The number of carbonyl (C=O) groups is 1. The summed E-state index contributed by atoms with van der Waals surface area (Å²) in [4.78, 5) is 11.7. The summed E-state index contributed by atoms with van der Waals surface area (Å²) in [7, 11) is -3.12. The van der Waals surface area contributed by atoms with Crippen LogP contribution in [0.4, 0.5) is 5.69 Å². The van der Waals surface area contributed by atoms with Crippen LogP contribution in [0, 0.1) is 0 Å². The zero-order chi connectivity index (χ0) is 14.6. The first-order valence-corrected chi connectivity index (χ1v) is 8.61. The molecule has 1 aromatic rings. The Kier molecular flexibility index (Phi) is 5.79. The lowest BCUT2D eigenvalue weighted by atomic mass is 10.2. The number of nitrogens with one attached hydrogen (secondary N) is 1. The summed E-state index contributed by atoms with van der Waals surface area (Å²) in [5.41, 5.74) is 6.16. The number of anilines is 1. The van der Waals surface area contributed by atoms with Gasteiger partial charge in [0, 0.05) is 16.4 Å². The zero-order valence-corrected chi connectivity index (χ0v) is 13.3. The van der Waals surface area contributed by atoms with Crippen molar-refractivity contribution in [2.75, 3.05) is 17.3 Å². The number of rotatable bonds is 5. The van der Waals surface area contributed by atoms with E-state index in [4.69, 9.17) is 17.3 Å². The SMILES string of the molecule is CS(=O)(=O)CCC(N)C(=O)Nc1ccc(Cl)c(Br)c1. The van der Waals surface area contributed by atoms with Gasteiger partial charge in [-0.3, -0.25) is 4.79 Å². The van der Waals surface area contributed by atoms with Crippen LogP contribution in [0.25, 0.3) is 0 Å². The molecule has 0 fully saturated rings. The van der Waals surface area contributed by atoms with Gasteiger partial charge in [0.1, 0.15) is 9.84 Å². The van der Waals surface area contributed by atoms with Crippen LogP contribution in [0.15, 0.2) is 22.7 Å². The molecule has 1 unspecified atom stereocenters. The van der Waals surface area contributed by atoms with Crippen LogP contribution in [0.2, 0.25) is 5.02 Å². The second kappa shape index (κ2) is 6.69. The molecule has 19 heavy (non-hydrogen) atoms. The first kappa shape index (κ1) is 16.4. The number of sulfone groups is 1. The van der Waals surface area contributed by atoms with Gasteiger partial charge in [0.2, 0.25) is 5.91 Å². The van der Waals surface area contributed by atoms with Crippen LogP contribution in [0.5, 0.6) is 0 Å². The van der Waals surface area contributed by atoms with E-state index in [0.29, 0.717) is 15.2 Å². The molecule has 0 aliphatic rings. The van der Waals surface area contributed by atoms with Crippen LogP contribution in [-0.2, 0) is 14.6 Å². The monoisotopic (exact) mass is 368 g/mol. The van der Waals surface area contributed by atoms with Gasteiger partial charge in [-0.25, -0.2) is 8.42 Å². The van der Waals surface area contributed by atoms with Gasteiger partial charge in [-0.15, -0.1) is 0 Å². The van der Waals surface area contributed by atoms with Crippen molar-refractivity contribution >= 4 is 49.0 Å². The van der Waals surface area contributed by atoms with Crippen molar-refractivity contribution < 1.29 is 13.2 Å². The topological polar surface area (TPSA) is 89.3 Å². The highest BCUT2D eigenvalue weighted by atomic mass is 79.9. The molecule has 0 radical (unpaired) electrons. The summed E-state index contributed by atoms with van der Waals surface area (Å²) < 4.78 is 22.6. The quantitative estimate of drug-likeness (QED) is 0.828. The minimum atomic E-state index is -3.12. The Balaban J connectivity index is 2.61. The summed E-state index contributed by atoms with van der Waals surface area (Å²) in [6.45, 7) is 0. The van der Waals surface area contributed by atoms with E-state index < -0.39 is 21.8 Å². The molecule has 106 valence electrons. The molecule has 1 rings (SSSR count). The Bertz CT molecular complexity index is 577. The van der Waals surface area contributed by atoms with Crippen molar-refractivity contribution in [3.63, 3.8) is 0 Å². The summed E-state index contributed by atoms with van der Waals surface area (Å²) in [6.07, 6.45) is 1.19. The largest absolute Gasteiger partial charge is 0.325 e. The Morgan fingerprint density at radius 1 is 1.53 bits per heavy atom.